The molecule has 0 aliphatic heterocycles. The second kappa shape index (κ2) is 7.49. The molecule has 3 rings (SSSR count). The van der Waals surface area contributed by atoms with Gasteiger partial charge >= 0.3 is 0 Å². The van der Waals surface area contributed by atoms with Gasteiger partial charge in [-0.1, -0.05) is 48.2 Å². The maximum Gasteiger partial charge on any atom is 0.276 e. The Kier molecular flexibility index (Phi) is 5.15. The highest BCUT2D eigenvalue weighted by atomic mass is 32.2. The highest BCUT2D eigenvalue weighted by Gasteiger charge is 2.12. The molecule has 1 amide bonds. The summed E-state index contributed by atoms with van der Waals surface area (Å²) < 4.78 is 5.78. The number of fused-ring (bicyclic) bond motifs is 1. The molecule has 0 aliphatic carbocycles. The third kappa shape index (κ3) is 3.76. The number of hydrogen-bond acceptors (Lipinski definition) is 5. The van der Waals surface area contributed by atoms with Crippen LogP contribution < -0.4 is 0 Å². The zero-order chi connectivity index (χ0) is 16.9. The van der Waals surface area contributed by atoms with Crippen molar-refractivity contribution in [3.63, 3.8) is 0 Å². The van der Waals surface area contributed by atoms with Crippen molar-refractivity contribution in [2.24, 2.45) is 0 Å². The predicted molar refractivity (Wildman–Crippen MR) is 95.9 cm³/mol. The Bertz CT molecular complexity index is 840. The lowest BCUT2D eigenvalue weighted by molar-refractivity contribution is -0.128. The van der Waals surface area contributed by atoms with Crippen LogP contribution in [0, 0.1) is 0 Å². The molecule has 0 unspecified atom stereocenters. The molecule has 6 heteroatoms. The number of amides is 1. The summed E-state index contributed by atoms with van der Waals surface area (Å²) in [4.78, 5) is 13.1. The molecule has 24 heavy (non-hydrogen) atoms. The normalized spacial score (nSPS) is 10.9. The van der Waals surface area contributed by atoms with Crippen molar-refractivity contribution in [2.75, 3.05) is 19.8 Å². The fourth-order valence-electron chi connectivity index (χ4n) is 2.40. The molecule has 3 aromatic rings. The number of nitrogens with zero attached hydrogens (tertiary/aromatic N) is 3. The van der Waals surface area contributed by atoms with Gasteiger partial charge in [0.15, 0.2) is 0 Å². The van der Waals surface area contributed by atoms with Crippen molar-refractivity contribution < 1.29 is 9.21 Å². The first-order valence-corrected chi connectivity index (χ1v) is 8.78. The summed E-state index contributed by atoms with van der Waals surface area (Å²) >= 11 is 1.48. The molecule has 0 spiro atoms. The zero-order valence-electron chi connectivity index (χ0n) is 13.7. The topological polar surface area (TPSA) is 59.2 Å². The lowest BCUT2D eigenvalue weighted by Crippen LogP contribution is -2.21. The van der Waals surface area contributed by atoms with Crippen LogP contribution in [0.25, 0.3) is 22.2 Å². The van der Waals surface area contributed by atoms with E-state index in [1.807, 2.05) is 24.3 Å². The maximum atomic E-state index is 11.5. The van der Waals surface area contributed by atoms with Gasteiger partial charge in [-0.25, -0.2) is 0 Å². The number of carbonyl (C=O) groups is 1. The van der Waals surface area contributed by atoms with Gasteiger partial charge in [-0.3, -0.25) is 4.79 Å². The van der Waals surface area contributed by atoms with Gasteiger partial charge in [0.2, 0.25) is 11.8 Å². The summed E-state index contributed by atoms with van der Waals surface area (Å²) in [5, 5.41) is 11.0. The van der Waals surface area contributed by atoms with Gasteiger partial charge in [-0.15, -0.1) is 10.2 Å². The number of hydrogen-bond donors (Lipinski definition) is 0. The minimum Gasteiger partial charge on any atom is -0.411 e. The minimum atomic E-state index is 0.137. The van der Waals surface area contributed by atoms with Crippen LogP contribution in [-0.4, -0.2) is 40.9 Å². The van der Waals surface area contributed by atoms with Crippen LogP contribution in [0.1, 0.15) is 12.8 Å². The first kappa shape index (κ1) is 16.5. The van der Waals surface area contributed by atoms with Crippen molar-refractivity contribution in [2.45, 2.75) is 18.1 Å². The quantitative estimate of drug-likeness (QED) is 0.503. The van der Waals surface area contributed by atoms with Crippen molar-refractivity contribution >= 4 is 28.4 Å². The molecule has 0 fully saturated rings. The zero-order valence-corrected chi connectivity index (χ0v) is 14.5. The summed E-state index contributed by atoms with van der Waals surface area (Å²) in [6.45, 7) is 0. The smallest absolute Gasteiger partial charge is 0.276 e. The highest BCUT2D eigenvalue weighted by molar-refractivity contribution is 7.99. The van der Waals surface area contributed by atoms with E-state index in [1.54, 1.807) is 19.0 Å². The molecule has 0 saturated heterocycles. The van der Waals surface area contributed by atoms with E-state index in [9.17, 15) is 4.79 Å². The maximum absolute atomic E-state index is 11.5. The van der Waals surface area contributed by atoms with Gasteiger partial charge in [-0.2, -0.15) is 0 Å². The van der Waals surface area contributed by atoms with Gasteiger partial charge < -0.3 is 9.32 Å². The Balaban J connectivity index is 1.66. The van der Waals surface area contributed by atoms with Crippen LogP contribution in [0.3, 0.4) is 0 Å². The Morgan fingerprint density at radius 2 is 1.92 bits per heavy atom. The lowest BCUT2D eigenvalue weighted by atomic mass is 10.0. The van der Waals surface area contributed by atoms with Crippen molar-refractivity contribution in [3.8, 4) is 11.5 Å². The Morgan fingerprint density at radius 3 is 2.75 bits per heavy atom. The van der Waals surface area contributed by atoms with Crippen LogP contribution in [0.5, 0.6) is 0 Å². The number of rotatable bonds is 6. The predicted octanol–water partition coefficient (Wildman–Crippen LogP) is 3.85. The molecule has 124 valence electrons. The molecule has 0 aliphatic rings. The highest BCUT2D eigenvalue weighted by Crippen LogP contribution is 2.29. The first-order chi connectivity index (χ1) is 11.6. The van der Waals surface area contributed by atoms with E-state index in [1.165, 1.54) is 11.8 Å². The van der Waals surface area contributed by atoms with Gasteiger partial charge in [0.25, 0.3) is 5.22 Å². The molecule has 1 aromatic heterocycles. The summed E-state index contributed by atoms with van der Waals surface area (Å²) in [7, 11) is 3.54. The average Bonchev–Trinajstić information content (AvgIpc) is 3.06. The van der Waals surface area contributed by atoms with Crippen molar-refractivity contribution in [3.05, 3.63) is 42.5 Å². The molecule has 1 heterocycles. The molecule has 5 nitrogen and oxygen atoms in total. The summed E-state index contributed by atoms with van der Waals surface area (Å²) in [5.74, 6) is 1.44. The summed E-state index contributed by atoms with van der Waals surface area (Å²) in [6.07, 6.45) is 1.32. The van der Waals surface area contributed by atoms with Crippen LogP contribution in [0.15, 0.2) is 52.1 Å². The molecular weight excluding hydrogens is 322 g/mol. The molecule has 0 radical (unpaired) electrons. The first-order valence-electron chi connectivity index (χ1n) is 7.80. The van der Waals surface area contributed by atoms with Crippen molar-refractivity contribution in [1.82, 2.24) is 15.1 Å². The SMILES string of the molecule is CN(C)C(=O)CCCSc1nnc(-c2cccc3ccccc23)o1. The van der Waals surface area contributed by atoms with Gasteiger partial charge in [0.1, 0.15) is 0 Å². The van der Waals surface area contributed by atoms with Crippen molar-refractivity contribution in [1.29, 1.82) is 0 Å². The van der Waals surface area contributed by atoms with E-state index in [2.05, 4.69) is 28.4 Å². The lowest BCUT2D eigenvalue weighted by Gasteiger charge is -2.08. The Hall–Kier alpha value is -2.34. The molecule has 0 N–H and O–H groups in total. The van der Waals surface area contributed by atoms with E-state index < -0.39 is 0 Å². The second-order valence-electron chi connectivity index (χ2n) is 5.64. The third-order valence-corrected chi connectivity index (χ3v) is 4.59. The van der Waals surface area contributed by atoms with Gasteiger partial charge in [-0.05, 0) is 23.3 Å². The van der Waals surface area contributed by atoms with E-state index in [-0.39, 0.29) is 5.91 Å². The molecular formula is C18H19N3O2S. The second-order valence-corrected chi connectivity index (χ2v) is 6.69. The van der Waals surface area contributed by atoms with E-state index in [0.29, 0.717) is 17.5 Å². The number of aromatic nitrogens is 2. The Morgan fingerprint density at radius 1 is 1.12 bits per heavy atom. The standard InChI is InChI=1S/C18H19N3O2S/c1-21(2)16(22)11-6-12-24-18-20-19-17(23-18)15-10-5-8-13-7-3-4-9-14(13)15/h3-5,7-10H,6,11-12H2,1-2H3. The number of thioether (sulfide) groups is 1. The summed E-state index contributed by atoms with van der Waals surface area (Å²) in [6, 6.07) is 14.2. The van der Waals surface area contributed by atoms with Gasteiger partial charge in [0.05, 0.1) is 0 Å². The minimum absolute atomic E-state index is 0.137. The third-order valence-electron chi connectivity index (χ3n) is 3.69. The average molecular weight is 341 g/mol. The fraction of sp³-hybridized carbons (Fsp3) is 0.278. The van der Waals surface area contributed by atoms with Crippen LogP contribution in [0.2, 0.25) is 0 Å². The molecule has 2 aromatic carbocycles. The summed E-state index contributed by atoms with van der Waals surface area (Å²) in [5.41, 5.74) is 0.940. The van der Waals surface area contributed by atoms with E-state index >= 15 is 0 Å². The van der Waals surface area contributed by atoms with Gasteiger partial charge in [0, 0.05) is 31.8 Å². The Labute approximate surface area is 145 Å². The number of carbonyl (C=O) groups excluding carboxylic acids is 1. The molecule has 0 bridgehead atoms. The largest absolute Gasteiger partial charge is 0.411 e. The van der Waals surface area contributed by atoms with Crippen LogP contribution in [-0.2, 0) is 4.79 Å². The molecule has 0 saturated carbocycles. The monoisotopic (exact) mass is 341 g/mol. The fourth-order valence-corrected chi connectivity index (χ4v) is 3.10. The number of benzene rings is 2. The molecule has 0 atom stereocenters. The van der Waals surface area contributed by atoms with Crippen LogP contribution >= 0.6 is 11.8 Å². The van der Waals surface area contributed by atoms with Crippen LogP contribution in [0.4, 0.5) is 0 Å². The van der Waals surface area contributed by atoms with E-state index in [4.69, 9.17) is 4.42 Å². The van der Waals surface area contributed by atoms with E-state index in [0.717, 1.165) is 28.5 Å².